The van der Waals surface area contributed by atoms with Gasteiger partial charge in [0.15, 0.2) is 5.82 Å². The number of aryl methyl sites for hydroxylation is 1. The number of carboxylic acid groups (broad SMARTS) is 1. The van der Waals surface area contributed by atoms with E-state index in [0.29, 0.717) is 6.54 Å². The first-order valence-electron chi connectivity index (χ1n) is 5.58. The number of aliphatic carboxylic acids is 1. The van der Waals surface area contributed by atoms with Gasteiger partial charge in [0.2, 0.25) is 5.60 Å². The molecule has 0 fully saturated rings. The fraction of sp³-hybridized carbons (Fsp3) is 0.545. The van der Waals surface area contributed by atoms with E-state index in [1.165, 1.54) is 10.8 Å². The van der Waals surface area contributed by atoms with Crippen molar-refractivity contribution >= 4 is 11.9 Å². The van der Waals surface area contributed by atoms with E-state index in [0.717, 1.165) is 0 Å². The van der Waals surface area contributed by atoms with Gasteiger partial charge in [-0.1, -0.05) is 0 Å². The normalized spacial score (nSPS) is 13.9. The number of hydrogen-bond acceptors (Lipinski definition) is 5. The van der Waals surface area contributed by atoms with E-state index < -0.39 is 24.0 Å². The predicted octanol–water partition coefficient (Wildman–Crippen LogP) is 0.128. The van der Waals surface area contributed by atoms with Crippen molar-refractivity contribution in [1.82, 2.24) is 9.55 Å². The highest BCUT2D eigenvalue weighted by Crippen LogP contribution is 2.25. The van der Waals surface area contributed by atoms with Crippen LogP contribution in [0.3, 0.4) is 0 Å². The number of aromatic nitrogens is 2. The lowest BCUT2D eigenvalue weighted by atomic mass is 9.98. The Hall–Kier alpha value is -1.89. The Morgan fingerprint density at radius 3 is 2.67 bits per heavy atom. The molecule has 0 aliphatic heterocycles. The molecule has 0 amide bonds. The van der Waals surface area contributed by atoms with E-state index in [-0.39, 0.29) is 12.4 Å². The van der Waals surface area contributed by atoms with Gasteiger partial charge in [-0.3, -0.25) is 4.79 Å². The van der Waals surface area contributed by atoms with Crippen molar-refractivity contribution in [2.45, 2.75) is 32.4 Å². The summed E-state index contributed by atoms with van der Waals surface area (Å²) >= 11 is 0. The Bertz CT molecular complexity index is 442. The van der Waals surface area contributed by atoms with Crippen molar-refractivity contribution in [3.63, 3.8) is 0 Å². The van der Waals surface area contributed by atoms with E-state index >= 15 is 0 Å². The van der Waals surface area contributed by atoms with Crippen LogP contribution in [0.5, 0.6) is 0 Å². The molecular weight excluding hydrogens is 240 g/mol. The molecule has 1 heterocycles. The Kier molecular flexibility index (Phi) is 4.43. The van der Waals surface area contributed by atoms with Crippen LogP contribution in [0.2, 0.25) is 0 Å². The predicted molar refractivity (Wildman–Crippen MR) is 60.7 cm³/mol. The minimum absolute atomic E-state index is 0.0224. The minimum atomic E-state index is -2.26. The number of carboxylic acids is 1. The van der Waals surface area contributed by atoms with E-state index in [1.807, 2.05) is 0 Å². The summed E-state index contributed by atoms with van der Waals surface area (Å²) in [4.78, 5) is 26.5. The molecule has 0 saturated heterocycles. The second kappa shape index (κ2) is 5.63. The van der Waals surface area contributed by atoms with E-state index in [2.05, 4.69) is 4.98 Å². The summed E-state index contributed by atoms with van der Waals surface area (Å²) in [6, 6.07) is 0. The molecule has 1 aromatic heterocycles. The zero-order chi connectivity index (χ0) is 13.8. The maximum Gasteiger partial charge on any atom is 0.346 e. The average Bonchev–Trinajstić information content (AvgIpc) is 2.76. The van der Waals surface area contributed by atoms with Gasteiger partial charge in [0.25, 0.3) is 0 Å². The number of hydrogen-bond donors (Lipinski definition) is 2. The van der Waals surface area contributed by atoms with Crippen LogP contribution in [0.1, 0.15) is 26.1 Å². The fourth-order valence-electron chi connectivity index (χ4n) is 1.64. The molecule has 1 unspecified atom stereocenters. The maximum absolute atomic E-state index is 11.8. The smallest absolute Gasteiger partial charge is 0.346 e. The van der Waals surface area contributed by atoms with Crippen LogP contribution in [-0.4, -0.2) is 38.3 Å². The van der Waals surface area contributed by atoms with Crippen LogP contribution >= 0.6 is 0 Å². The number of ether oxygens (including phenoxy) is 1. The van der Waals surface area contributed by atoms with Crippen LogP contribution in [0, 0.1) is 0 Å². The number of nitrogens with zero attached hydrogens (tertiary/aromatic N) is 2. The van der Waals surface area contributed by atoms with Crippen LogP contribution in [0.25, 0.3) is 0 Å². The van der Waals surface area contributed by atoms with Gasteiger partial charge in [0.1, 0.15) is 0 Å². The van der Waals surface area contributed by atoms with Gasteiger partial charge in [-0.25, -0.2) is 9.78 Å². The van der Waals surface area contributed by atoms with Gasteiger partial charge in [-0.15, -0.1) is 0 Å². The van der Waals surface area contributed by atoms with Crippen molar-refractivity contribution in [2.24, 2.45) is 0 Å². The maximum atomic E-state index is 11.8. The molecule has 0 spiro atoms. The Labute approximate surface area is 104 Å². The summed E-state index contributed by atoms with van der Waals surface area (Å²) in [6.45, 7) is 3.87. The van der Waals surface area contributed by atoms with Gasteiger partial charge < -0.3 is 19.5 Å². The molecule has 0 aliphatic carbocycles. The molecule has 100 valence electrons. The third-order valence-corrected chi connectivity index (χ3v) is 2.45. The minimum Gasteiger partial charge on any atom is -0.481 e. The summed E-state index contributed by atoms with van der Waals surface area (Å²) in [7, 11) is 0. The first-order valence-corrected chi connectivity index (χ1v) is 5.58. The lowest BCUT2D eigenvalue weighted by Crippen LogP contribution is -2.42. The second-order valence-corrected chi connectivity index (χ2v) is 3.69. The van der Waals surface area contributed by atoms with Gasteiger partial charge >= 0.3 is 11.9 Å². The molecule has 2 N–H and O–H groups in total. The van der Waals surface area contributed by atoms with Crippen LogP contribution in [0.4, 0.5) is 0 Å². The first-order chi connectivity index (χ1) is 8.45. The van der Waals surface area contributed by atoms with Crippen LogP contribution in [0.15, 0.2) is 12.4 Å². The lowest BCUT2D eigenvalue weighted by Gasteiger charge is -2.24. The number of esters is 1. The highest BCUT2D eigenvalue weighted by atomic mass is 16.5. The van der Waals surface area contributed by atoms with Gasteiger partial charge in [-0.05, 0) is 13.8 Å². The van der Waals surface area contributed by atoms with Crippen molar-refractivity contribution in [3.05, 3.63) is 18.2 Å². The molecule has 1 rings (SSSR count). The monoisotopic (exact) mass is 256 g/mol. The second-order valence-electron chi connectivity index (χ2n) is 3.69. The third-order valence-electron chi connectivity index (χ3n) is 2.45. The summed E-state index contributed by atoms with van der Waals surface area (Å²) in [6.07, 6.45) is 2.16. The number of carbonyl (C=O) groups is 2. The molecular formula is C11H16N2O5. The zero-order valence-corrected chi connectivity index (χ0v) is 10.3. The lowest BCUT2D eigenvalue weighted by molar-refractivity contribution is -0.173. The van der Waals surface area contributed by atoms with Gasteiger partial charge in [0.05, 0.1) is 13.0 Å². The van der Waals surface area contributed by atoms with Crippen molar-refractivity contribution in [2.75, 3.05) is 6.61 Å². The molecule has 1 atom stereocenters. The standard InChI is InChI=1S/C11H16N2O5/c1-3-13-6-5-12-9(13)11(17,7-8(14)15)10(16)18-4-2/h5-6,17H,3-4,7H2,1-2H3,(H,14,15). The number of carbonyl (C=O) groups excluding carboxylic acids is 1. The number of aliphatic hydroxyl groups is 1. The summed E-state index contributed by atoms with van der Waals surface area (Å²) in [5, 5.41) is 19.1. The Morgan fingerprint density at radius 2 is 2.17 bits per heavy atom. The van der Waals surface area contributed by atoms with E-state index in [4.69, 9.17) is 9.84 Å². The molecule has 0 bridgehead atoms. The van der Waals surface area contributed by atoms with Crippen molar-refractivity contribution < 1.29 is 24.5 Å². The molecule has 7 nitrogen and oxygen atoms in total. The molecule has 1 aromatic rings. The first kappa shape index (κ1) is 14.2. The fourth-order valence-corrected chi connectivity index (χ4v) is 1.64. The SMILES string of the molecule is CCOC(=O)C(O)(CC(=O)O)c1nccn1CC. The number of rotatable bonds is 6. The highest BCUT2D eigenvalue weighted by molar-refractivity contribution is 5.85. The largest absolute Gasteiger partial charge is 0.481 e. The summed E-state index contributed by atoms with van der Waals surface area (Å²) in [5.41, 5.74) is -2.26. The average molecular weight is 256 g/mol. The quantitative estimate of drug-likeness (QED) is 0.701. The van der Waals surface area contributed by atoms with Gasteiger partial charge in [0, 0.05) is 18.9 Å². The topological polar surface area (TPSA) is 102 Å². The molecule has 0 aliphatic rings. The summed E-state index contributed by atoms with van der Waals surface area (Å²) < 4.78 is 6.23. The van der Waals surface area contributed by atoms with Gasteiger partial charge in [-0.2, -0.15) is 0 Å². The van der Waals surface area contributed by atoms with Crippen LogP contribution < -0.4 is 0 Å². The van der Waals surface area contributed by atoms with Crippen LogP contribution in [-0.2, 0) is 26.5 Å². The Balaban J connectivity index is 3.19. The third kappa shape index (κ3) is 2.67. The molecule has 0 aromatic carbocycles. The Morgan fingerprint density at radius 1 is 1.50 bits per heavy atom. The molecule has 0 radical (unpaired) electrons. The molecule has 18 heavy (non-hydrogen) atoms. The highest BCUT2D eigenvalue weighted by Gasteiger charge is 2.45. The van der Waals surface area contributed by atoms with Crippen molar-refractivity contribution in [3.8, 4) is 0 Å². The molecule has 0 saturated carbocycles. The summed E-state index contributed by atoms with van der Waals surface area (Å²) in [5.74, 6) is -2.34. The van der Waals surface area contributed by atoms with E-state index in [1.54, 1.807) is 20.0 Å². The molecule has 7 heteroatoms. The van der Waals surface area contributed by atoms with E-state index in [9.17, 15) is 14.7 Å². The zero-order valence-electron chi connectivity index (χ0n) is 10.3. The number of imidazole rings is 1. The van der Waals surface area contributed by atoms with Crippen molar-refractivity contribution in [1.29, 1.82) is 0 Å².